The van der Waals surface area contributed by atoms with E-state index in [4.69, 9.17) is 21.7 Å². The smallest absolute Gasteiger partial charge is 0.353 e. The number of hydrogen-bond donors (Lipinski definition) is 0. The molecule has 0 N–H and O–H groups in total. The molecular weight excluding hydrogens is 372 g/mol. The van der Waals surface area contributed by atoms with Crippen molar-refractivity contribution >= 4 is 33.6 Å². The standard InChI is InChI=1S/C21H32O2SSi2/c1-20(2,3)25(7,8)13-11-15-16(18-17(15)22-19(24)23-18)12-14-26(9,10)21(4,5)6/h17-18H,1-10H3/t17-,18+. The molecule has 1 heterocycles. The molecule has 1 aliphatic carbocycles. The fourth-order valence-electron chi connectivity index (χ4n) is 2.09. The van der Waals surface area contributed by atoms with Crippen LogP contribution in [0.5, 0.6) is 0 Å². The summed E-state index contributed by atoms with van der Waals surface area (Å²) in [5.41, 5.74) is 9.12. The highest BCUT2D eigenvalue weighted by atomic mass is 32.1. The molecule has 2 rings (SSSR count). The van der Waals surface area contributed by atoms with Gasteiger partial charge in [-0.15, -0.1) is 11.1 Å². The van der Waals surface area contributed by atoms with Crippen LogP contribution in [0.25, 0.3) is 0 Å². The zero-order valence-corrected chi connectivity index (χ0v) is 20.7. The lowest BCUT2D eigenvalue weighted by Gasteiger charge is -2.33. The van der Waals surface area contributed by atoms with Gasteiger partial charge in [0, 0.05) is 12.2 Å². The van der Waals surface area contributed by atoms with Crippen LogP contribution < -0.4 is 0 Å². The van der Waals surface area contributed by atoms with Crippen molar-refractivity contribution in [2.75, 3.05) is 0 Å². The van der Waals surface area contributed by atoms with E-state index >= 15 is 0 Å². The van der Waals surface area contributed by atoms with E-state index in [1.807, 2.05) is 0 Å². The first-order chi connectivity index (χ1) is 11.6. The predicted molar refractivity (Wildman–Crippen MR) is 119 cm³/mol. The number of rotatable bonds is 0. The number of ether oxygens (including phenoxy) is 2. The monoisotopic (exact) mass is 404 g/mol. The molecule has 142 valence electrons. The van der Waals surface area contributed by atoms with Crippen molar-refractivity contribution in [1.29, 1.82) is 0 Å². The fraction of sp³-hybridized carbons (Fsp3) is 0.667. The molecule has 26 heavy (non-hydrogen) atoms. The SMILES string of the molecule is CC(C)(C)[Si](C)(C)C#CC1=C(C#C[Si](C)(C)C(C)(C)C)[C@@H]2OC(=S)O[C@H]12. The lowest BCUT2D eigenvalue weighted by atomic mass is 9.83. The van der Waals surface area contributed by atoms with Gasteiger partial charge in [0.25, 0.3) is 0 Å². The third-order valence-electron chi connectivity index (χ3n) is 6.35. The minimum absolute atomic E-state index is 0.163. The zero-order valence-electron chi connectivity index (χ0n) is 17.9. The Bertz CT molecular complexity index is 707. The van der Waals surface area contributed by atoms with Crippen LogP contribution in [-0.4, -0.2) is 33.6 Å². The second-order valence-electron chi connectivity index (χ2n) is 10.4. The molecular formula is C21H32O2SSi2. The van der Waals surface area contributed by atoms with Gasteiger partial charge in [0.05, 0.1) is 11.1 Å². The maximum atomic E-state index is 5.66. The molecule has 0 unspecified atom stereocenters. The molecule has 0 aromatic rings. The fourth-order valence-corrected chi connectivity index (χ4v) is 3.94. The van der Waals surface area contributed by atoms with Gasteiger partial charge in [-0.25, -0.2) is 0 Å². The van der Waals surface area contributed by atoms with Crippen molar-refractivity contribution < 1.29 is 9.47 Å². The quantitative estimate of drug-likeness (QED) is 0.303. The van der Waals surface area contributed by atoms with Crippen LogP contribution in [0.4, 0.5) is 0 Å². The second-order valence-corrected chi connectivity index (χ2v) is 20.7. The van der Waals surface area contributed by atoms with Crippen molar-refractivity contribution in [2.24, 2.45) is 0 Å². The topological polar surface area (TPSA) is 18.5 Å². The summed E-state index contributed by atoms with van der Waals surface area (Å²) in [4.78, 5) is 0. The number of hydrogen-bond acceptors (Lipinski definition) is 3. The van der Waals surface area contributed by atoms with Crippen molar-refractivity contribution in [1.82, 2.24) is 0 Å². The molecule has 1 aliphatic heterocycles. The van der Waals surface area contributed by atoms with Gasteiger partial charge in [-0.2, -0.15) is 0 Å². The molecule has 1 fully saturated rings. The maximum Gasteiger partial charge on any atom is 0.353 e. The molecule has 0 saturated carbocycles. The summed E-state index contributed by atoms with van der Waals surface area (Å²) in [6, 6.07) is 0. The molecule has 2 aliphatic rings. The third kappa shape index (κ3) is 3.96. The molecule has 0 radical (unpaired) electrons. The van der Waals surface area contributed by atoms with Crippen LogP contribution in [0.3, 0.4) is 0 Å². The number of fused-ring (bicyclic) bond motifs is 1. The Morgan fingerprint density at radius 2 is 1.04 bits per heavy atom. The first-order valence-electron chi connectivity index (χ1n) is 9.24. The van der Waals surface area contributed by atoms with Gasteiger partial charge in [0.15, 0.2) is 12.2 Å². The van der Waals surface area contributed by atoms with Crippen molar-refractivity contribution in [3.63, 3.8) is 0 Å². The highest BCUT2D eigenvalue weighted by Crippen LogP contribution is 2.41. The maximum absolute atomic E-state index is 5.66. The van der Waals surface area contributed by atoms with Gasteiger partial charge in [-0.05, 0) is 10.1 Å². The van der Waals surface area contributed by atoms with E-state index in [0.717, 1.165) is 11.1 Å². The first-order valence-corrected chi connectivity index (χ1v) is 15.7. The molecule has 0 aromatic carbocycles. The Labute approximate surface area is 167 Å². The van der Waals surface area contributed by atoms with E-state index < -0.39 is 16.1 Å². The van der Waals surface area contributed by atoms with Crippen LogP contribution >= 0.6 is 12.2 Å². The van der Waals surface area contributed by atoms with Crippen LogP contribution in [0, 0.1) is 22.9 Å². The summed E-state index contributed by atoms with van der Waals surface area (Å²) >= 11 is 5.10. The largest absolute Gasteiger partial charge is 0.444 e. The Morgan fingerprint density at radius 1 is 0.731 bits per heavy atom. The highest BCUT2D eigenvalue weighted by Gasteiger charge is 2.49. The molecule has 1 saturated heterocycles. The summed E-state index contributed by atoms with van der Waals surface area (Å²) in [5.74, 6) is 6.85. The van der Waals surface area contributed by atoms with Gasteiger partial charge in [-0.1, -0.05) is 79.6 Å². The van der Waals surface area contributed by atoms with E-state index in [-0.39, 0.29) is 27.5 Å². The van der Waals surface area contributed by atoms with Crippen LogP contribution in [0.15, 0.2) is 11.1 Å². The Balaban J connectivity index is 2.43. The lowest BCUT2D eigenvalue weighted by Crippen LogP contribution is -2.40. The average Bonchev–Trinajstić information content (AvgIpc) is 2.75. The summed E-state index contributed by atoms with van der Waals surface area (Å²) in [6.45, 7) is 22.9. The van der Waals surface area contributed by atoms with Crippen molar-refractivity contribution in [3.8, 4) is 22.9 Å². The van der Waals surface area contributed by atoms with E-state index in [1.165, 1.54) is 0 Å². The molecule has 0 spiro atoms. The van der Waals surface area contributed by atoms with Gasteiger partial charge >= 0.3 is 5.24 Å². The van der Waals surface area contributed by atoms with Gasteiger partial charge in [0.1, 0.15) is 16.1 Å². The summed E-state index contributed by atoms with van der Waals surface area (Å²) in [5, 5.41) is 0.661. The minimum Gasteiger partial charge on any atom is -0.444 e. The van der Waals surface area contributed by atoms with E-state index in [9.17, 15) is 0 Å². The highest BCUT2D eigenvalue weighted by molar-refractivity contribution is 7.79. The Kier molecular flexibility index (Phi) is 5.36. The average molecular weight is 405 g/mol. The van der Waals surface area contributed by atoms with E-state index in [2.05, 4.69) is 90.7 Å². The van der Waals surface area contributed by atoms with Crippen molar-refractivity contribution in [3.05, 3.63) is 11.1 Å². The van der Waals surface area contributed by atoms with Crippen LogP contribution in [0.1, 0.15) is 41.5 Å². The molecule has 2 nitrogen and oxygen atoms in total. The third-order valence-corrected chi connectivity index (χ3v) is 15.5. The molecule has 2 atom stereocenters. The van der Waals surface area contributed by atoms with Gasteiger partial charge in [-0.3, -0.25) is 0 Å². The summed E-state index contributed by atoms with van der Waals surface area (Å²) in [6.07, 6.45) is -0.327. The van der Waals surface area contributed by atoms with Gasteiger partial charge in [0.2, 0.25) is 0 Å². The summed E-state index contributed by atoms with van der Waals surface area (Å²) in [7, 11) is -3.39. The first kappa shape index (κ1) is 21.3. The minimum atomic E-state index is -1.69. The molecule has 5 heteroatoms. The second kappa shape index (κ2) is 6.55. The predicted octanol–water partition coefficient (Wildman–Crippen LogP) is 5.47. The molecule has 0 amide bonds. The Hall–Kier alpha value is -1.02. The Morgan fingerprint density at radius 3 is 1.31 bits per heavy atom. The van der Waals surface area contributed by atoms with Gasteiger partial charge < -0.3 is 9.47 Å². The molecule has 0 bridgehead atoms. The number of thiocarbonyl (C=S) groups is 1. The zero-order chi connectivity index (χ0) is 20.1. The lowest BCUT2D eigenvalue weighted by molar-refractivity contribution is 0.189. The van der Waals surface area contributed by atoms with Crippen LogP contribution in [-0.2, 0) is 9.47 Å². The van der Waals surface area contributed by atoms with E-state index in [1.54, 1.807) is 0 Å². The van der Waals surface area contributed by atoms with Crippen LogP contribution in [0.2, 0.25) is 36.3 Å². The van der Waals surface area contributed by atoms with Crippen molar-refractivity contribution in [2.45, 2.75) is 90.0 Å². The summed E-state index contributed by atoms with van der Waals surface area (Å²) < 4.78 is 11.3. The molecule has 0 aromatic heterocycles. The normalized spacial score (nSPS) is 22.9. The van der Waals surface area contributed by atoms with E-state index in [0.29, 0.717) is 0 Å².